The summed E-state index contributed by atoms with van der Waals surface area (Å²) in [7, 11) is 0. The van der Waals surface area contributed by atoms with E-state index in [1.54, 1.807) is 13.0 Å². The minimum Gasteiger partial charge on any atom is -0.352 e. The molecule has 0 aliphatic heterocycles. The van der Waals surface area contributed by atoms with Gasteiger partial charge in [-0.3, -0.25) is 4.79 Å². The summed E-state index contributed by atoms with van der Waals surface area (Å²) in [6, 6.07) is 4.39. The summed E-state index contributed by atoms with van der Waals surface area (Å²) in [6.45, 7) is 6.33. The van der Waals surface area contributed by atoms with Crippen LogP contribution in [0.3, 0.4) is 0 Å². The molecule has 5 heteroatoms. The third kappa shape index (κ3) is 5.59. The van der Waals surface area contributed by atoms with Gasteiger partial charge in [0, 0.05) is 17.1 Å². The lowest BCUT2D eigenvalue weighted by Gasteiger charge is -2.18. The molecule has 0 aromatic heterocycles. The van der Waals surface area contributed by atoms with Gasteiger partial charge in [-0.05, 0) is 44.0 Å². The van der Waals surface area contributed by atoms with Gasteiger partial charge in [0.05, 0.1) is 6.04 Å². The summed E-state index contributed by atoms with van der Waals surface area (Å²) < 4.78 is 14.0. The van der Waals surface area contributed by atoms with E-state index in [0.29, 0.717) is 6.54 Å². The standard InChI is InChI=1S/C15H22BrFN2O/c1-4-5-10(2)19-15(20)11(3)18-9-12-8-13(17)6-7-14(12)16/h6-8,10-11,18H,4-5,9H2,1-3H3,(H,19,20). The van der Waals surface area contributed by atoms with Gasteiger partial charge in [0.15, 0.2) is 0 Å². The first-order valence-corrected chi connectivity index (χ1v) is 7.71. The maximum Gasteiger partial charge on any atom is 0.237 e. The molecule has 1 aromatic rings. The van der Waals surface area contributed by atoms with Crippen LogP contribution in [0.25, 0.3) is 0 Å². The third-order valence-corrected chi connectivity index (χ3v) is 3.88. The van der Waals surface area contributed by atoms with Gasteiger partial charge >= 0.3 is 0 Å². The van der Waals surface area contributed by atoms with Crippen LogP contribution in [0.4, 0.5) is 4.39 Å². The van der Waals surface area contributed by atoms with Gasteiger partial charge in [-0.25, -0.2) is 4.39 Å². The number of nitrogens with one attached hydrogen (secondary N) is 2. The summed E-state index contributed by atoms with van der Waals surface area (Å²) >= 11 is 3.37. The van der Waals surface area contributed by atoms with Crippen molar-refractivity contribution >= 4 is 21.8 Å². The van der Waals surface area contributed by atoms with Gasteiger partial charge in [-0.15, -0.1) is 0 Å². The van der Waals surface area contributed by atoms with Gasteiger partial charge in [0.1, 0.15) is 5.82 Å². The molecule has 0 aliphatic carbocycles. The van der Waals surface area contributed by atoms with E-state index in [4.69, 9.17) is 0 Å². The highest BCUT2D eigenvalue weighted by Crippen LogP contribution is 2.17. The molecule has 1 amide bonds. The van der Waals surface area contributed by atoms with Gasteiger partial charge < -0.3 is 10.6 Å². The van der Waals surface area contributed by atoms with Crippen molar-refractivity contribution < 1.29 is 9.18 Å². The Morgan fingerprint density at radius 2 is 2.10 bits per heavy atom. The highest BCUT2D eigenvalue weighted by Gasteiger charge is 2.14. The number of amides is 1. The van der Waals surface area contributed by atoms with E-state index in [1.807, 2.05) is 6.92 Å². The lowest BCUT2D eigenvalue weighted by Crippen LogP contribution is -2.45. The Labute approximate surface area is 128 Å². The van der Waals surface area contributed by atoms with Crippen LogP contribution >= 0.6 is 15.9 Å². The predicted molar refractivity (Wildman–Crippen MR) is 82.9 cm³/mol. The van der Waals surface area contributed by atoms with Crippen LogP contribution in [0.2, 0.25) is 0 Å². The molecule has 0 saturated heterocycles. The molecule has 2 unspecified atom stereocenters. The van der Waals surface area contributed by atoms with Gasteiger partial charge in [-0.1, -0.05) is 29.3 Å². The molecular formula is C15H22BrFN2O. The largest absolute Gasteiger partial charge is 0.352 e. The fraction of sp³-hybridized carbons (Fsp3) is 0.533. The van der Waals surface area contributed by atoms with Gasteiger partial charge in [0.2, 0.25) is 5.91 Å². The molecule has 2 atom stereocenters. The topological polar surface area (TPSA) is 41.1 Å². The van der Waals surface area contributed by atoms with E-state index in [2.05, 4.69) is 33.5 Å². The molecule has 0 radical (unpaired) electrons. The number of rotatable bonds is 7. The van der Waals surface area contributed by atoms with Crippen molar-refractivity contribution in [1.82, 2.24) is 10.6 Å². The molecule has 2 N–H and O–H groups in total. The molecule has 0 heterocycles. The number of benzene rings is 1. The molecule has 0 bridgehead atoms. The molecule has 1 rings (SSSR count). The fourth-order valence-electron chi connectivity index (χ4n) is 1.91. The summed E-state index contributed by atoms with van der Waals surface area (Å²) in [5.41, 5.74) is 0.797. The second-order valence-corrected chi connectivity index (χ2v) is 5.89. The number of carbonyl (C=O) groups is 1. The first-order valence-electron chi connectivity index (χ1n) is 6.91. The summed E-state index contributed by atoms with van der Waals surface area (Å²) in [5, 5.41) is 6.06. The average molecular weight is 345 g/mol. The van der Waals surface area contributed by atoms with Gasteiger partial charge in [0.25, 0.3) is 0 Å². The number of hydrogen-bond donors (Lipinski definition) is 2. The molecular weight excluding hydrogens is 323 g/mol. The van der Waals surface area contributed by atoms with Crippen LogP contribution in [0.5, 0.6) is 0 Å². The zero-order valence-corrected chi connectivity index (χ0v) is 13.8. The maximum absolute atomic E-state index is 13.2. The Morgan fingerprint density at radius 1 is 1.40 bits per heavy atom. The lowest BCUT2D eigenvalue weighted by molar-refractivity contribution is -0.123. The summed E-state index contributed by atoms with van der Waals surface area (Å²) in [6.07, 6.45) is 2.01. The minimum absolute atomic E-state index is 0.0292. The van der Waals surface area contributed by atoms with Gasteiger partial charge in [-0.2, -0.15) is 0 Å². The van der Waals surface area contributed by atoms with Crippen molar-refractivity contribution in [3.05, 3.63) is 34.1 Å². The molecule has 0 spiro atoms. The quantitative estimate of drug-likeness (QED) is 0.796. The predicted octanol–water partition coefficient (Wildman–Crippen LogP) is 3.37. The van der Waals surface area contributed by atoms with Crippen LogP contribution in [-0.2, 0) is 11.3 Å². The second kappa shape index (κ2) is 8.37. The van der Waals surface area contributed by atoms with Crippen molar-refractivity contribution in [2.45, 2.75) is 52.2 Å². The maximum atomic E-state index is 13.2. The highest BCUT2D eigenvalue weighted by atomic mass is 79.9. The van der Waals surface area contributed by atoms with Crippen molar-refractivity contribution in [3.8, 4) is 0 Å². The molecule has 1 aromatic carbocycles. The molecule has 20 heavy (non-hydrogen) atoms. The zero-order chi connectivity index (χ0) is 15.1. The van der Waals surface area contributed by atoms with Crippen LogP contribution in [-0.4, -0.2) is 18.0 Å². The number of halogens is 2. The summed E-state index contributed by atoms with van der Waals surface area (Å²) in [4.78, 5) is 11.9. The van der Waals surface area contributed by atoms with E-state index < -0.39 is 0 Å². The second-order valence-electron chi connectivity index (χ2n) is 5.04. The first kappa shape index (κ1) is 17.1. The summed E-state index contributed by atoms with van der Waals surface area (Å²) in [5.74, 6) is -0.308. The Balaban J connectivity index is 2.48. The minimum atomic E-state index is -0.315. The van der Waals surface area contributed by atoms with E-state index >= 15 is 0 Å². The van der Waals surface area contributed by atoms with Crippen LogP contribution in [0.15, 0.2) is 22.7 Å². The van der Waals surface area contributed by atoms with E-state index in [-0.39, 0.29) is 23.8 Å². The van der Waals surface area contributed by atoms with Crippen molar-refractivity contribution in [3.63, 3.8) is 0 Å². The number of carbonyl (C=O) groups excluding carboxylic acids is 1. The molecule has 112 valence electrons. The first-order chi connectivity index (χ1) is 9.43. The van der Waals surface area contributed by atoms with Crippen molar-refractivity contribution in [1.29, 1.82) is 0 Å². The normalized spacial score (nSPS) is 13.8. The lowest BCUT2D eigenvalue weighted by atomic mass is 10.1. The van der Waals surface area contributed by atoms with Crippen molar-refractivity contribution in [2.24, 2.45) is 0 Å². The van der Waals surface area contributed by atoms with E-state index in [0.717, 1.165) is 22.9 Å². The van der Waals surface area contributed by atoms with E-state index in [1.165, 1.54) is 12.1 Å². The molecule has 0 aliphatic rings. The smallest absolute Gasteiger partial charge is 0.237 e. The van der Waals surface area contributed by atoms with Crippen LogP contribution in [0.1, 0.15) is 39.2 Å². The molecule has 0 saturated carbocycles. The Hall–Kier alpha value is -0.940. The highest BCUT2D eigenvalue weighted by molar-refractivity contribution is 9.10. The monoisotopic (exact) mass is 344 g/mol. The van der Waals surface area contributed by atoms with Crippen LogP contribution < -0.4 is 10.6 Å². The SMILES string of the molecule is CCCC(C)NC(=O)C(C)NCc1cc(F)ccc1Br. The molecule has 3 nitrogen and oxygen atoms in total. The Bertz CT molecular complexity index is 453. The fourth-order valence-corrected chi connectivity index (χ4v) is 2.29. The van der Waals surface area contributed by atoms with Crippen LogP contribution in [0, 0.1) is 5.82 Å². The Kier molecular flexibility index (Phi) is 7.16. The zero-order valence-electron chi connectivity index (χ0n) is 12.2. The number of hydrogen-bond acceptors (Lipinski definition) is 2. The van der Waals surface area contributed by atoms with E-state index in [9.17, 15) is 9.18 Å². The van der Waals surface area contributed by atoms with Crippen molar-refractivity contribution in [2.75, 3.05) is 0 Å². The molecule has 0 fully saturated rings. The third-order valence-electron chi connectivity index (χ3n) is 3.11. The Morgan fingerprint density at radius 3 is 2.75 bits per heavy atom. The average Bonchev–Trinajstić information content (AvgIpc) is 2.39.